The fourth-order valence-corrected chi connectivity index (χ4v) is 1.53. The second-order valence-corrected chi connectivity index (χ2v) is 5.99. The van der Waals surface area contributed by atoms with Crippen LogP contribution < -0.4 is 10.6 Å². The van der Waals surface area contributed by atoms with Crippen molar-refractivity contribution in [1.29, 1.82) is 0 Å². The quantitative estimate of drug-likeness (QED) is 0.814. The summed E-state index contributed by atoms with van der Waals surface area (Å²) in [5.74, 6) is 0. The van der Waals surface area contributed by atoms with Crippen LogP contribution in [0.1, 0.15) is 26.5 Å². The number of hydrogen-bond acceptors (Lipinski definition) is 4. The lowest BCUT2D eigenvalue weighted by molar-refractivity contribution is 0.0528. The highest BCUT2D eigenvalue weighted by atomic mass is 79.9. The summed E-state index contributed by atoms with van der Waals surface area (Å²) in [6.45, 7) is 7.36. The lowest BCUT2D eigenvalue weighted by Crippen LogP contribution is -2.36. The smallest absolute Gasteiger partial charge is 0.407 e. The van der Waals surface area contributed by atoms with Crippen LogP contribution in [0.5, 0.6) is 0 Å². The predicted molar refractivity (Wildman–Crippen MR) is 77.9 cm³/mol. The summed E-state index contributed by atoms with van der Waals surface area (Å²) in [6, 6.07) is 3.89. The zero-order valence-corrected chi connectivity index (χ0v) is 13.1. The topological polar surface area (TPSA) is 63.2 Å². The molecule has 1 amide bonds. The molecule has 0 aliphatic heterocycles. The number of pyridine rings is 1. The molecule has 0 aliphatic carbocycles. The van der Waals surface area contributed by atoms with Crippen molar-refractivity contribution >= 4 is 22.0 Å². The number of rotatable bonds is 5. The molecule has 0 aliphatic rings. The van der Waals surface area contributed by atoms with Crippen LogP contribution in [0.15, 0.2) is 22.8 Å². The van der Waals surface area contributed by atoms with E-state index in [2.05, 4.69) is 31.5 Å². The van der Waals surface area contributed by atoms with E-state index >= 15 is 0 Å². The first-order valence-corrected chi connectivity index (χ1v) is 6.94. The molecule has 0 unspecified atom stereocenters. The minimum atomic E-state index is -0.459. The molecule has 0 bridgehead atoms. The Morgan fingerprint density at radius 1 is 1.37 bits per heavy atom. The Morgan fingerprint density at radius 2 is 2.11 bits per heavy atom. The van der Waals surface area contributed by atoms with E-state index in [1.807, 2.05) is 32.9 Å². The van der Waals surface area contributed by atoms with Crippen LogP contribution >= 0.6 is 15.9 Å². The van der Waals surface area contributed by atoms with Gasteiger partial charge in [-0.25, -0.2) is 4.79 Å². The Balaban J connectivity index is 2.11. The van der Waals surface area contributed by atoms with E-state index in [1.54, 1.807) is 6.20 Å². The van der Waals surface area contributed by atoms with Crippen LogP contribution in [0.3, 0.4) is 0 Å². The van der Waals surface area contributed by atoms with E-state index in [0.717, 1.165) is 10.2 Å². The van der Waals surface area contributed by atoms with Crippen molar-refractivity contribution in [2.45, 2.75) is 32.9 Å². The number of aromatic nitrogens is 1. The Labute approximate surface area is 122 Å². The van der Waals surface area contributed by atoms with Crippen LogP contribution in [-0.2, 0) is 11.3 Å². The van der Waals surface area contributed by atoms with Gasteiger partial charge in [-0.2, -0.15) is 0 Å². The van der Waals surface area contributed by atoms with Gasteiger partial charge in [0.15, 0.2) is 0 Å². The first-order valence-electron chi connectivity index (χ1n) is 6.15. The first kappa shape index (κ1) is 15.9. The summed E-state index contributed by atoms with van der Waals surface area (Å²) < 4.78 is 6.08. The van der Waals surface area contributed by atoms with Gasteiger partial charge in [0.2, 0.25) is 0 Å². The van der Waals surface area contributed by atoms with Crippen LogP contribution in [0.4, 0.5) is 4.79 Å². The van der Waals surface area contributed by atoms with E-state index in [1.165, 1.54) is 0 Å². The van der Waals surface area contributed by atoms with Crippen LogP contribution in [0.2, 0.25) is 0 Å². The molecule has 0 saturated heterocycles. The second kappa shape index (κ2) is 7.45. The standard InChI is InChI=1S/C13H20BrN3O2/c1-13(2,3)19-12(18)16-7-6-15-9-11-5-4-10(14)8-17-11/h4-5,8,15H,6-7,9H2,1-3H3,(H,16,18). The summed E-state index contributed by atoms with van der Waals surface area (Å²) in [6.07, 6.45) is 1.37. The van der Waals surface area contributed by atoms with Gasteiger partial charge in [0.25, 0.3) is 0 Å². The molecule has 19 heavy (non-hydrogen) atoms. The number of amides is 1. The van der Waals surface area contributed by atoms with E-state index in [4.69, 9.17) is 4.74 Å². The van der Waals surface area contributed by atoms with Gasteiger partial charge >= 0.3 is 6.09 Å². The largest absolute Gasteiger partial charge is 0.444 e. The summed E-state index contributed by atoms with van der Waals surface area (Å²) in [4.78, 5) is 15.6. The van der Waals surface area contributed by atoms with Crippen molar-refractivity contribution in [3.63, 3.8) is 0 Å². The number of carbonyl (C=O) groups excluding carboxylic acids is 1. The molecule has 0 aromatic carbocycles. The number of alkyl carbamates (subject to hydrolysis) is 1. The van der Waals surface area contributed by atoms with E-state index < -0.39 is 11.7 Å². The molecular formula is C13H20BrN3O2. The van der Waals surface area contributed by atoms with Gasteiger partial charge in [0.1, 0.15) is 5.60 Å². The summed E-state index contributed by atoms with van der Waals surface area (Å²) in [5.41, 5.74) is 0.499. The third-order valence-electron chi connectivity index (χ3n) is 2.06. The number of nitrogens with one attached hydrogen (secondary N) is 2. The highest BCUT2D eigenvalue weighted by molar-refractivity contribution is 9.10. The van der Waals surface area contributed by atoms with Crippen molar-refractivity contribution < 1.29 is 9.53 Å². The van der Waals surface area contributed by atoms with Gasteiger partial charge < -0.3 is 15.4 Å². The Bertz CT molecular complexity index is 401. The second-order valence-electron chi connectivity index (χ2n) is 5.07. The maximum atomic E-state index is 11.4. The van der Waals surface area contributed by atoms with Crippen molar-refractivity contribution in [1.82, 2.24) is 15.6 Å². The molecule has 0 spiro atoms. The third-order valence-corrected chi connectivity index (χ3v) is 2.53. The summed E-state index contributed by atoms with van der Waals surface area (Å²) >= 11 is 3.33. The molecule has 1 rings (SSSR count). The fraction of sp³-hybridized carbons (Fsp3) is 0.538. The summed E-state index contributed by atoms with van der Waals surface area (Å²) in [5, 5.41) is 5.87. The van der Waals surface area contributed by atoms with Gasteiger partial charge in [-0.1, -0.05) is 0 Å². The van der Waals surface area contributed by atoms with Crippen LogP contribution in [0.25, 0.3) is 0 Å². The highest BCUT2D eigenvalue weighted by Crippen LogP contribution is 2.07. The Hall–Kier alpha value is -1.14. The molecule has 0 radical (unpaired) electrons. The number of ether oxygens (including phenoxy) is 1. The molecule has 0 atom stereocenters. The first-order chi connectivity index (χ1) is 8.87. The van der Waals surface area contributed by atoms with Gasteiger partial charge in [-0.15, -0.1) is 0 Å². The number of hydrogen-bond donors (Lipinski definition) is 2. The lowest BCUT2D eigenvalue weighted by Gasteiger charge is -2.19. The molecule has 1 aromatic rings. The van der Waals surface area contributed by atoms with Gasteiger partial charge in [-0.05, 0) is 48.8 Å². The minimum Gasteiger partial charge on any atom is -0.444 e. The van der Waals surface area contributed by atoms with Crippen LogP contribution in [-0.4, -0.2) is 29.8 Å². The maximum absolute atomic E-state index is 11.4. The molecule has 0 fully saturated rings. The number of halogens is 1. The number of carbonyl (C=O) groups is 1. The molecule has 5 nitrogen and oxygen atoms in total. The zero-order valence-electron chi connectivity index (χ0n) is 11.5. The van der Waals surface area contributed by atoms with E-state index in [0.29, 0.717) is 19.6 Å². The average Bonchev–Trinajstić information content (AvgIpc) is 2.29. The van der Waals surface area contributed by atoms with Gasteiger partial charge in [0.05, 0.1) is 5.69 Å². The fourth-order valence-electron chi connectivity index (χ4n) is 1.29. The van der Waals surface area contributed by atoms with Crippen molar-refractivity contribution in [3.05, 3.63) is 28.5 Å². The Kier molecular flexibility index (Phi) is 6.24. The Morgan fingerprint density at radius 3 is 2.68 bits per heavy atom. The van der Waals surface area contributed by atoms with Gasteiger partial charge in [-0.3, -0.25) is 4.98 Å². The molecule has 1 heterocycles. The number of nitrogens with zero attached hydrogens (tertiary/aromatic N) is 1. The van der Waals surface area contributed by atoms with Gasteiger partial charge in [0, 0.05) is 30.3 Å². The van der Waals surface area contributed by atoms with Crippen molar-refractivity contribution in [3.8, 4) is 0 Å². The molecular weight excluding hydrogens is 310 g/mol. The predicted octanol–water partition coefficient (Wildman–Crippen LogP) is 2.46. The van der Waals surface area contributed by atoms with Crippen molar-refractivity contribution in [2.24, 2.45) is 0 Å². The zero-order chi connectivity index (χ0) is 14.3. The van der Waals surface area contributed by atoms with E-state index in [9.17, 15) is 4.79 Å². The maximum Gasteiger partial charge on any atom is 0.407 e. The molecule has 1 aromatic heterocycles. The normalized spacial score (nSPS) is 11.2. The van der Waals surface area contributed by atoms with E-state index in [-0.39, 0.29) is 0 Å². The molecule has 0 saturated carbocycles. The molecule has 106 valence electrons. The monoisotopic (exact) mass is 329 g/mol. The SMILES string of the molecule is CC(C)(C)OC(=O)NCCNCc1ccc(Br)cn1. The average molecular weight is 330 g/mol. The van der Waals surface area contributed by atoms with Crippen LogP contribution in [0, 0.1) is 0 Å². The lowest BCUT2D eigenvalue weighted by atomic mass is 10.2. The molecule has 2 N–H and O–H groups in total. The highest BCUT2D eigenvalue weighted by Gasteiger charge is 2.15. The molecule has 6 heteroatoms. The summed E-state index contributed by atoms with van der Waals surface area (Å²) in [7, 11) is 0. The minimum absolute atomic E-state index is 0.393. The van der Waals surface area contributed by atoms with Crippen molar-refractivity contribution in [2.75, 3.05) is 13.1 Å². The third kappa shape index (κ3) is 7.79.